The van der Waals surface area contributed by atoms with Crippen molar-refractivity contribution < 1.29 is 13.2 Å². The highest BCUT2D eigenvalue weighted by Crippen LogP contribution is 2.41. The first-order valence-corrected chi connectivity index (χ1v) is 12.2. The first-order chi connectivity index (χ1) is 13.4. The van der Waals surface area contributed by atoms with Gasteiger partial charge in [0.1, 0.15) is 10.6 Å². The van der Waals surface area contributed by atoms with Crippen LogP contribution in [0.1, 0.15) is 35.3 Å². The fourth-order valence-electron chi connectivity index (χ4n) is 3.66. The van der Waals surface area contributed by atoms with Gasteiger partial charge in [0.15, 0.2) is 0 Å². The van der Waals surface area contributed by atoms with Gasteiger partial charge in [-0.15, -0.1) is 0 Å². The van der Waals surface area contributed by atoms with Gasteiger partial charge in [0.05, 0.1) is 5.54 Å². The van der Waals surface area contributed by atoms with Gasteiger partial charge in [-0.3, -0.25) is 4.79 Å². The Morgan fingerprint density at radius 3 is 2.46 bits per heavy atom. The van der Waals surface area contributed by atoms with Crippen LogP contribution >= 0.6 is 23.4 Å². The normalized spacial score (nSPS) is 19.8. The summed E-state index contributed by atoms with van der Waals surface area (Å²) >= 11 is 7.73. The van der Waals surface area contributed by atoms with Gasteiger partial charge >= 0.3 is 0 Å². The van der Waals surface area contributed by atoms with E-state index < -0.39 is 15.6 Å². The highest BCUT2D eigenvalue weighted by atomic mass is 35.5. The van der Waals surface area contributed by atoms with E-state index in [0.29, 0.717) is 18.1 Å². The monoisotopic (exact) mass is 439 g/mol. The Kier molecular flexibility index (Phi) is 5.48. The van der Waals surface area contributed by atoms with Gasteiger partial charge in [0.2, 0.25) is 10.0 Å². The van der Waals surface area contributed by atoms with Gasteiger partial charge in [-0.1, -0.05) is 23.7 Å². The second-order valence-corrected chi connectivity index (χ2v) is 10.8. The summed E-state index contributed by atoms with van der Waals surface area (Å²) in [6.45, 7) is 0.999. The summed E-state index contributed by atoms with van der Waals surface area (Å²) in [6, 6.07) is 8.93. The summed E-state index contributed by atoms with van der Waals surface area (Å²) in [4.78, 5) is 15.8. The maximum atomic E-state index is 12.8. The highest BCUT2D eigenvalue weighted by Gasteiger charge is 2.40. The van der Waals surface area contributed by atoms with Crippen LogP contribution in [0.25, 0.3) is 0 Å². The second kappa shape index (κ2) is 7.74. The molecular weight excluding hydrogens is 418 g/mol. The van der Waals surface area contributed by atoms with Crippen LogP contribution in [0.2, 0.25) is 5.02 Å². The number of thioether (sulfide) groups is 1. The smallest absolute Gasteiger partial charge is 0.268 e. The van der Waals surface area contributed by atoms with Crippen molar-refractivity contribution in [2.75, 3.05) is 24.6 Å². The minimum Gasteiger partial charge on any atom is -0.356 e. The molecule has 2 heterocycles. The Bertz CT molecular complexity index is 963. The van der Waals surface area contributed by atoms with E-state index in [4.69, 9.17) is 11.6 Å². The van der Waals surface area contributed by atoms with E-state index in [-0.39, 0.29) is 16.5 Å². The van der Waals surface area contributed by atoms with Crippen molar-refractivity contribution in [2.45, 2.75) is 29.7 Å². The fraction of sp³-hybridized carbons (Fsp3) is 0.421. The molecule has 2 aromatic rings. The van der Waals surface area contributed by atoms with Crippen molar-refractivity contribution >= 4 is 39.3 Å². The quantitative estimate of drug-likeness (QED) is 0.749. The third kappa shape index (κ3) is 3.70. The molecule has 1 aromatic heterocycles. The number of nitrogens with one attached hydrogen (secondary N) is 2. The molecule has 4 rings (SSSR count). The molecule has 1 amide bonds. The Morgan fingerprint density at radius 2 is 1.86 bits per heavy atom. The van der Waals surface area contributed by atoms with Gasteiger partial charge < -0.3 is 10.3 Å². The number of carbonyl (C=O) groups excluding carboxylic acids is 1. The third-order valence-corrected chi connectivity index (χ3v) is 8.54. The maximum absolute atomic E-state index is 12.8. The standard InChI is InChI=1S/C19H22ClN3O3S2/c20-15-4-2-14(3-5-15)19(6-1-7-19)22-18(24)17-12-16(13-21-17)28(25,26)23-8-10-27-11-9-23/h2-5,12-13,21H,1,6-11H2,(H,22,24). The fourth-order valence-corrected chi connectivity index (χ4v) is 6.36. The molecular formula is C19H22ClN3O3S2. The number of H-pyrrole nitrogens is 1. The summed E-state index contributed by atoms with van der Waals surface area (Å²) in [6.07, 6.45) is 4.12. The van der Waals surface area contributed by atoms with Gasteiger partial charge in [-0.05, 0) is 43.0 Å². The first-order valence-electron chi connectivity index (χ1n) is 9.26. The van der Waals surface area contributed by atoms with Crippen LogP contribution in [0.15, 0.2) is 41.4 Å². The van der Waals surface area contributed by atoms with E-state index in [9.17, 15) is 13.2 Å². The molecule has 1 aliphatic heterocycles. The topological polar surface area (TPSA) is 82.3 Å². The van der Waals surface area contributed by atoms with Crippen LogP contribution < -0.4 is 5.32 Å². The molecule has 2 aliphatic rings. The number of sulfonamides is 1. The average molecular weight is 440 g/mol. The molecule has 28 heavy (non-hydrogen) atoms. The number of aromatic nitrogens is 1. The second-order valence-electron chi connectivity index (χ2n) is 7.16. The van der Waals surface area contributed by atoms with Crippen molar-refractivity contribution in [2.24, 2.45) is 0 Å². The first kappa shape index (κ1) is 19.8. The lowest BCUT2D eigenvalue weighted by molar-refractivity contribution is 0.0818. The van der Waals surface area contributed by atoms with Gasteiger partial charge in [0, 0.05) is 35.8 Å². The number of hydrogen-bond donors (Lipinski definition) is 2. The molecule has 1 aromatic carbocycles. The largest absolute Gasteiger partial charge is 0.356 e. The molecule has 9 heteroatoms. The Labute approximate surface area is 174 Å². The van der Waals surface area contributed by atoms with Crippen LogP contribution in [-0.2, 0) is 15.6 Å². The lowest BCUT2D eigenvalue weighted by atomic mass is 9.71. The van der Waals surface area contributed by atoms with Crippen LogP contribution in [0.3, 0.4) is 0 Å². The van der Waals surface area contributed by atoms with Crippen LogP contribution in [-0.4, -0.2) is 48.2 Å². The van der Waals surface area contributed by atoms with Crippen LogP contribution in [0.4, 0.5) is 0 Å². The van der Waals surface area contributed by atoms with E-state index >= 15 is 0 Å². The molecule has 0 spiro atoms. The van der Waals surface area contributed by atoms with Crippen molar-refractivity contribution in [1.29, 1.82) is 0 Å². The number of nitrogens with zero attached hydrogens (tertiary/aromatic N) is 1. The lowest BCUT2D eigenvalue weighted by Gasteiger charge is -2.43. The molecule has 1 saturated carbocycles. The van der Waals surface area contributed by atoms with Gasteiger partial charge in [0.25, 0.3) is 5.91 Å². The Balaban J connectivity index is 1.52. The molecule has 1 saturated heterocycles. The number of hydrogen-bond acceptors (Lipinski definition) is 4. The zero-order valence-corrected chi connectivity index (χ0v) is 17.7. The van der Waals surface area contributed by atoms with E-state index in [1.54, 1.807) is 11.8 Å². The highest BCUT2D eigenvalue weighted by molar-refractivity contribution is 7.99. The zero-order valence-electron chi connectivity index (χ0n) is 15.3. The Hall–Kier alpha value is -1.48. The number of rotatable bonds is 5. The third-order valence-electron chi connectivity index (χ3n) is 5.47. The van der Waals surface area contributed by atoms with E-state index in [1.165, 1.54) is 16.6 Å². The molecule has 0 bridgehead atoms. The van der Waals surface area contributed by atoms with E-state index in [0.717, 1.165) is 36.3 Å². The molecule has 6 nitrogen and oxygen atoms in total. The Morgan fingerprint density at radius 1 is 1.18 bits per heavy atom. The maximum Gasteiger partial charge on any atom is 0.268 e. The van der Waals surface area contributed by atoms with Crippen molar-refractivity contribution in [3.8, 4) is 0 Å². The summed E-state index contributed by atoms with van der Waals surface area (Å²) in [5.41, 5.74) is 0.850. The predicted molar refractivity (Wildman–Crippen MR) is 111 cm³/mol. The number of benzene rings is 1. The van der Waals surface area contributed by atoms with Crippen molar-refractivity contribution in [3.63, 3.8) is 0 Å². The molecule has 0 atom stereocenters. The van der Waals surface area contributed by atoms with E-state index in [1.807, 2.05) is 24.3 Å². The number of carbonyl (C=O) groups is 1. The zero-order chi connectivity index (χ0) is 19.8. The van der Waals surface area contributed by atoms with Gasteiger partial charge in [-0.25, -0.2) is 8.42 Å². The molecule has 150 valence electrons. The summed E-state index contributed by atoms with van der Waals surface area (Å²) in [5.74, 6) is 1.28. The summed E-state index contributed by atoms with van der Waals surface area (Å²) in [5, 5.41) is 3.75. The average Bonchev–Trinajstić information content (AvgIpc) is 3.17. The molecule has 2 N–H and O–H groups in total. The minimum atomic E-state index is -3.57. The summed E-state index contributed by atoms with van der Waals surface area (Å²) in [7, 11) is -3.57. The number of halogens is 1. The number of aromatic amines is 1. The predicted octanol–water partition coefficient (Wildman–Crippen LogP) is 3.21. The van der Waals surface area contributed by atoms with Crippen LogP contribution in [0, 0.1) is 0 Å². The number of amides is 1. The lowest BCUT2D eigenvalue weighted by Crippen LogP contribution is -2.50. The van der Waals surface area contributed by atoms with Crippen LogP contribution in [0.5, 0.6) is 0 Å². The van der Waals surface area contributed by atoms with Crippen molar-refractivity contribution in [3.05, 3.63) is 52.8 Å². The van der Waals surface area contributed by atoms with Gasteiger partial charge in [-0.2, -0.15) is 16.1 Å². The summed E-state index contributed by atoms with van der Waals surface area (Å²) < 4.78 is 27.0. The van der Waals surface area contributed by atoms with E-state index in [2.05, 4.69) is 10.3 Å². The minimum absolute atomic E-state index is 0.138. The SMILES string of the molecule is O=C(NC1(c2ccc(Cl)cc2)CCC1)c1cc(S(=O)(=O)N2CCSCC2)c[nH]1. The molecule has 2 fully saturated rings. The molecule has 0 unspecified atom stereocenters. The van der Waals surface area contributed by atoms with Crippen molar-refractivity contribution in [1.82, 2.24) is 14.6 Å². The molecule has 1 aliphatic carbocycles. The molecule has 0 radical (unpaired) electrons.